The fraction of sp³-hybridized carbons (Fsp3) is 0.0909. The van der Waals surface area contributed by atoms with E-state index >= 15 is 0 Å². The molecule has 0 radical (unpaired) electrons. The van der Waals surface area contributed by atoms with Gasteiger partial charge in [0.05, 0.1) is 6.04 Å². The fourth-order valence-electron chi connectivity index (χ4n) is 3.05. The summed E-state index contributed by atoms with van der Waals surface area (Å²) in [6.45, 7) is -0.0202. The van der Waals surface area contributed by atoms with Crippen LogP contribution in [0.5, 0.6) is 0 Å². The molecular weight excluding hydrogens is 430 g/mol. The van der Waals surface area contributed by atoms with Crippen LogP contribution in [0.15, 0.2) is 89.4 Å². The van der Waals surface area contributed by atoms with Crippen LogP contribution in [0.3, 0.4) is 0 Å². The Morgan fingerprint density at radius 1 is 0.897 bits per heavy atom. The summed E-state index contributed by atoms with van der Waals surface area (Å²) in [6, 6.07) is 27.1. The molecule has 0 atom stereocenters. The number of hydrogen-bond acceptors (Lipinski definition) is 4. The molecule has 0 aliphatic carbocycles. The molecule has 4 rings (SSSR count). The molecule has 0 spiro atoms. The summed E-state index contributed by atoms with van der Waals surface area (Å²) in [5.74, 6) is 0.270. The predicted molar refractivity (Wildman–Crippen MR) is 114 cm³/mol. The zero-order chi connectivity index (χ0) is 20.1. The predicted octanol–water partition coefficient (Wildman–Crippen LogP) is 4.01. The van der Waals surface area contributed by atoms with E-state index in [4.69, 9.17) is 0 Å². The number of carbonyl (C=O) groups is 1. The van der Waals surface area contributed by atoms with E-state index < -0.39 is 0 Å². The Kier molecular flexibility index (Phi) is 5.76. The lowest BCUT2D eigenvalue weighted by Gasteiger charge is -2.19. The van der Waals surface area contributed by atoms with Crippen molar-refractivity contribution in [3.63, 3.8) is 0 Å². The van der Waals surface area contributed by atoms with Crippen molar-refractivity contribution in [1.82, 2.24) is 25.5 Å². The van der Waals surface area contributed by atoms with E-state index in [1.54, 1.807) is 0 Å². The van der Waals surface area contributed by atoms with Crippen LogP contribution in [-0.2, 0) is 11.3 Å². The summed E-state index contributed by atoms with van der Waals surface area (Å²) >= 11 is 3.48. The second kappa shape index (κ2) is 8.79. The van der Waals surface area contributed by atoms with Gasteiger partial charge in [-0.3, -0.25) is 4.79 Å². The molecule has 4 aromatic rings. The highest BCUT2D eigenvalue weighted by Gasteiger charge is 2.18. The third-order valence-electron chi connectivity index (χ3n) is 4.42. The van der Waals surface area contributed by atoms with Crippen molar-refractivity contribution < 1.29 is 4.79 Å². The van der Waals surface area contributed by atoms with Gasteiger partial charge in [0.15, 0.2) is 0 Å². The number of amides is 1. The van der Waals surface area contributed by atoms with Crippen LogP contribution in [-0.4, -0.2) is 26.1 Å². The summed E-state index contributed by atoms with van der Waals surface area (Å²) in [5, 5.41) is 15.5. The standard InChI is InChI=1S/C22H18BrN5O/c23-19-14-8-7-13-18(19)22-25-27-28(26-22)15-20(29)24-21(16-9-3-1-4-10-16)17-11-5-2-6-12-17/h1-14,21H,15H2,(H,24,29). The number of nitrogens with one attached hydrogen (secondary N) is 1. The van der Waals surface area contributed by atoms with E-state index in [0.717, 1.165) is 21.2 Å². The molecule has 0 aliphatic heterocycles. The number of carbonyl (C=O) groups excluding carboxylic acids is 1. The summed E-state index contributed by atoms with van der Waals surface area (Å²) in [5.41, 5.74) is 2.84. The quantitative estimate of drug-likeness (QED) is 0.484. The second-order valence-electron chi connectivity index (χ2n) is 6.45. The molecule has 1 N–H and O–H groups in total. The summed E-state index contributed by atoms with van der Waals surface area (Å²) < 4.78 is 0.872. The lowest BCUT2D eigenvalue weighted by Crippen LogP contribution is -2.32. The first kappa shape index (κ1) is 19.0. The Bertz CT molecular complexity index is 1060. The van der Waals surface area contributed by atoms with Gasteiger partial charge in [0.25, 0.3) is 0 Å². The molecular formula is C22H18BrN5O. The zero-order valence-corrected chi connectivity index (χ0v) is 17.0. The van der Waals surface area contributed by atoms with Gasteiger partial charge in [0.1, 0.15) is 6.54 Å². The number of tetrazole rings is 1. The average molecular weight is 448 g/mol. The summed E-state index contributed by atoms with van der Waals surface area (Å²) in [4.78, 5) is 14.0. The largest absolute Gasteiger partial charge is 0.344 e. The molecule has 3 aromatic carbocycles. The number of benzene rings is 3. The second-order valence-corrected chi connectivity index (χ2v) is 7.30. The molecule has 29 heavy (non-hydrogen) atoms. The Morgan fingerprint density at radius 3 is 2.10 bits per heavy atom. The Labute approximate surface area is 176 Å². The number of halogens is 1. The van der Waals surface area contributed by atoms with Gasteiger partial charge in [-0.15, -0.1) is 10.2 Å². The first-order valence-electron chi connectivity index (χ1n) is 9.12. The number of nitrogens with zero attached hydrogens (tertiary/aromatic N) is 4. The van der Waals surface area contributed by atoms with Crippen LogP contribution in [0.25, 0.3) is 11.4 Å². The molecule has 0 bridgehead atoms. The van der Waals surface area contributed by atoms with Gasteiger partial charge in [0, 0.05) is 10.0 Å². The van der Waals surface area contributed by atoms with E-state index in [1.165, 1.54) is 4.80 Å². The highest BCUT2D eigenvalue weighted by atomic mass is 79.9. The highest BCUT2D eigenvalue weighted by Crippen LogP contribution is 2.24. The van der Waals surface area contributed by atoms with E-state index in [-0.39, 0.29) is 18.5 Å². The average Bonchev–Trinajstić information content (AvgIpc) is 3.21. The summed E-state index contributed by atoms with van der Waals surface area (Å²) in [6.07, 6.45) is 0. The third-order valence-corrected chi connectivity index (χ3v) is 5.12. The van der Waals surface area contributed by atoms with Crippen LogP contribution < -0.4 is 5.32 Å². The molecule has 1 heterocycles. The van der Waals surface area contributed by atoms with Gasteiger partial charge in [-0.05, 0) is 28.5 Å². The van der Waals surface area contributed by atoms with Crippen molar-refractivity contribution in [2.75, 3.05) is 0 Å². The van der Waals surface area contributed by atoms with E-state index in [2.05, 4.69) is 36.7 Å². The van der Waals surface area contributed by atoms with Crippen molar-refractivity contribution in [3.8, 4) is 11.4 Å². The minimum Gasteiger partial charge on any atom is -0.344 e. The Morgan fingerprint density at radius 2 is 1.48 bits per heavy atom. The smallest absolute Gasteiger partial charge is 0.244 e. The molecule has 0 saturated carbocycles. The SMILES string of the molecule is O=C(Cn1nnc(-c2ccccc2Br)n1)NC(c1ccccc1)c1ccccc1. The van der Waals surface area contributed by atoms with Gasteiger partial charge >= 0.3 is 0 Å². The minimum absolute atomic E-state index is 0.0202. The number of aromatic nitrogens is 4. The zero-order valence-electron chi connectivity index (χ0n) is 15.4. The molecule has 7 heteroatoms. The molecule has 1 aromatic heterocycles. The van der Waals surface area contributed by atoms with E-state index in [0.29, 0.717) is 5.82 Å². The molecule has 0 aliphatic rings. The normalized spacial score (nSPS) is 10.8. The van der Waals surface area contributed by atoms with Crippen molar-refractivity contribution >= 4 is 21.8 Å². The van der Waals surface area contributed by atoms with E-state index in [9.17, 15) is 4.79 Å². The highest BCUT2D eigenvalue weighted by molar-refractivity contribution is 9.10. The van der Waals surface area contributed by atoms with Gasteiger partial charge in [-0.25, -0.2) is 0 Å². The maximum atomic E-state index is 12.7. The molecule has 1 amide bonds. The van der Waals surface area contributed by atoms with E-state index in [1.807, 2.05) is 84.9 Å². The maximum Gasteiger partial charge on any atom is 0.244 e. The molecule has 144 valence electrons. The summed E-state index contributed by atoms with van der Waals surface area (Å²) in [7, 11) is 0. The minimum atomic E-state index is -0.254. The van der Waals surface area contributed by atoms with Gasteiger partial charge in [-0.1, -0.05) is 88.7 Å². The monoisotopic (exact) mass is 447 g/mol. The van der Waals surface area contributed by atoms with Crippen LogP contribution in [0.1, 0.15) is 17.2 Å². The maximum absolute atomic E-state index is 12.7. The fourth-order valence-corrected chi connectivity index (χ4v) is 3.51. The molecule has 0 saturated heterocycles. The topological polar surface area (TPSA) is 72.7 Å². The molecule has 0 unspecified atom stereocenters. The lowest BCUT2D eigenvalue weighted by atomic mass is 9.99. The van der Waals surface area contributed by atoms with Crippen molar-refractivity contribution in [2.45, 2.75) is 12.6 Å². The van der Waals surface area contributed by atoms with Crippen LogP contribution in [0.2, 0.25) is 0 Å². The Hall–Kier alpha value is -3.32. The van der Waals surface area contributed by atoms with Crippen molar-refractivity contribution in [1.29, 1.82) is 0 Å². The number of hydrogen-bond donors (Lipinski definition) is 1. The van der Waals surface area contributed by atoms with Crippen molar-refractivity contribution in [2.24, 2.45) is 0 Å². The van der Waals surface area contributed by atoms with Crippen molar-refractivity contribution in [3.05, 3.63) is 101 Å². The first-order valence-corrected chi connectivity index (χ1v) is 9.92. The Balaban J connectivity index is 1.51. The van der Waals surface area contributed by atoms with Crippen LogP contribution in [0.4, 0.5) is 0 Å². The molecule has 6 nitrogen and oxygen atoms in total. The molecule has 0 fully saturated rings. The van der Waals surface area contributed by atoms with Gasteiger partial charge in [-0.2, -0.15) is 4.80 Å². The van der Waals surface area contributed by atoms with Crippen LogP contribution in [0, 0.1) is 0 Å². The van der Waals surface area contributed by atoms with Crippen LogP contribution >= 0.6 is 15.9 Å². The first-order chi connectivity index (χ1) is 14.2. The van der Waals surface area contributed by atoms with Gasteiger partial charge in [0.2, 0.25) is 11.7 Å². The number of rotatable bonds is 6. The van der Waals surface area contributed by atoms with Gasteiger partial charge < -0.3 is 5.32 Å². The third kappa shape index (κ3) is 4.57. The lowest BCUT2D eigenvalue weighted by molar-refractivity contribution is -0.122.